The highest BCUT2D eigenvalue weighted by atomic mass is 16.2. The van der Waals surface area contributed by atoms with Crippen molar-refractivity contribution in [3.05, 3.63) is 0 Å². The number of carbonyl (C=O) groups excluding carboxylic acids is 1. The molecule has 0 bridgehead atoms. The first kappa shape index (κ1) is 12.0. The minimum atomic E-state index is 0.00954. The summed E-state index contributed by atoms with van der Waals surface area (Å²) in [5.74, 6) is 0.639. The largest absolute Gasteiger partial charge is 0.342 e. The molecule has 15 heavy (non-hydrogen) atoms. The Labute approximate surface area is 91.2 Å². The van der Waals surface area contributed by atoms with E-state index in [0.717, 1.165) is 13.1 Å². The third kappa shape index (κ3) is 2.69. The Morgan fingerprint density at radius 3 is 2.80 bits per heavy atom. The van der Waals surface area contributed by atoms with Crippen LogP contribution in [0.15, 0.2) is 0 Å². The van der Waals surface area contributed by atoms with Gasteiger partial charge in [0.05, 0.1) is 18.4 Å². The minimum Gasteiger partial charge on any atom is -0.342 e. The van der Waals surface area contributed by atoms with Gasteiger partial charge in [0.1, 0.15) is 0 Å². The van der Waals surface area contributed by atoms with Crippen molar-refractivity contribution in [3.63, 3.8) is 0 Å². The van der Waals surface area contributed by atoms with E-state index in [-0.39, 0.29) is 17.9 Å². The number of nitriles is 1. The number of hydrogen-bond acceptors (Lipinski definition) is 3. The van der Waals surface area contributed by atoms with Crippen LogP contribution >= 0.6 is 0 Å². The van der Waals surface area contributed by atoms with Gasteiger partial charge in [0.2, 0.25) is 5.91 Å². The molecule has 1 aliphatic heterocycles. The molecular weight excluding hydrogens is 190 g/mol. The molecule has 4 heteroatoms. The van der Waals surface area contributed by atoms with Crippen molar-refractivity contribution in [2.75, 3.05) is 20.1 Å². The van der Waals surface area contributed by atoms with E-state index in [1.165, 1.54) is 0 Å². The van der Waals surface area contributed by atoms with Crippen molar-refractivity contribution in [1.82, 2.24) is 10.2 Å². The molecule has 1 rings (SSSR count). The summed E-state index contributed by atoms with van der Waals surface area (Å²) >= 11 is 0. The Kier molecular flexibility index (Phi) is 4.10. The number of nitrogens with one attached hydrogen (secondary N) is 1. The van der Waals surface area contributed by atoms with E-state index in [1.807, 2.05) is 6.92 Å². The van der Waals surface area contributed by atoms with E-state index in [0.29, 0.717) is 12.3 Å². The zero-order valence-electron chi connectivity index (χ0n) is 9.66. The molecule has 0 aliphatic carbocycles. The van der Waals surface area contributed by atoms with Gasteiger partial charge in [-0.15, -0.1) is 0 Å². The quantitative estimate of drug-likeness (QED) is 0.740. The monoisotopic (exact) mass is 209 g/mol. The van der Waals surface area contributed by atoms with Gasteiger partial charge < -0.3 is 10.2 Å². The maximum Gasteiger partial charge on any atom is 0.227 e. The maximum atomic E-state index is 12.0. The van der Waals surface area contributed by atoms with Gasteiger partial charge in [-0.2, -0.15) is 5.26 Å². The van der Waals surface area contributed by atoms with Crippen molar-refractivity contribution in [2.24, 2.45) is 11.8 Å². The zero-order chi connectivity index (χ0) is 11.4. The smallest absolute Gasteiger partial charge is 0.227 e. The lowest BCUT2D eigenvalue weighted by atomic mass is 9.96. The van der Waals surface area contributed by atoms with E-state index in [9.17, 15) is 4.79 Å². The van der Waals surface area contributed by atoms with E-state index >= 15 is 0 Å². The second-order valence-corrected chi connectivity index (χ2v) is 4.40. The van der Waals surface area contributed by atoms with Crippen LogP contribution in [0.1, 0.15) is 20.3 Å². The van der Waals surface area contributed by atoms with E-state index in [4.69, 9.17) is 5.26 Å². The standard InChI is InChI=1S/C11H19N3O/c1-8-6-13-7-10(8)11(15)14(3)9(2)4-5-12/h8-10,13H,4,6-7H2,1-3H3/t8-,9?,10-/m1/s1. The fraction of sp³-hybridized carbons (Fsp3) is 0.818. The van der Waals surface area contributed by atoms with Crippen LogP contribution in [0, 0.1) is 23.2 Å². The van der Waals surface area contributed by atoms with Gasteiger partial charge in [-0.05, 0) is 19.4 Å². The average Bonchev–Trinajstić information content (AvgIpc) is 2.62. The van der Waals surface area contributed by atoms with Crippen molar-refractivity contribution in [2.45, 2.75) is 26.3 Å². The Hall–Kier alpha value is -1.08. The van der Waals surface area contributed by atoms with Crippen LogP contribution in [-0.4, -0.2) is 37.0 Å². The molecular formula is C11H19N3O. The lowest BCUT2D eigenvalue weighted by Crippen LogP contribution is -2.41. The average molecular weight is 209 g/mol. The Morgan fingerprint density at radius 1 is 1.67 bits per heavy atom. The SMILES string of the molecule is CC(CC#N)N(C)C(=O)[C@@H]1CNC[C@H]1C. The van der Waals surface area contributed by atoms with Crippen molar-refractivity contribution in [3.8, 4) is 6.07 Å². The minimum absolute atomic E-state index is 0.00954. The summed E-state index contributed by atoms with van der Waals surface area (Å²) in [6, 6.07) is 2.11. The van der Waals surface area contributed by atoms with Crippen LogP contribution < -0.4 is 5.32 Å². The van der Waals surface area contributed by atoms with Crippen LogP contribution in [-0.2, 0) is 4.79 Å². The van der Waals surface area contributed by atoms with Crippen LogP contribution in [0.2, 0.25) is 0 Å². The second-order valence-electron chi connectivity index (χ2n) is 4.40. The van der Waals surface area contributed by atoms with Crippen LogP contribution in [0.4, 0.5) is 0 Å². The molecule has 1 saturated heterocycles. The predicted molar refractivity (Wildman–Crippen MR) is 58.0 cm³/mol. The van der Waals surface area contributed by atoms with Crippen LogP contribution in [0.5, 0.6) is 0 Å². The normalized spacial score (nSPS) is 27.1. The van der Waals surface area contributed by atoms with E-state index < -0.39 is 0 Å². The number of rotatable bonds is 3. The Morgan fingerprint density at radius 2 is 2.33 bits per heavy atom. The molecule has 1 unspecified atom stereocenters. The van der Waals surface area contributed by atoms with Gasteiger partial charge in [0.15, 0.2) is 0 Å². The molecule has 0 aromatic heterocycles. The van der Waals surface area contributed by atoms with Crippen molar-refractivity contribution >= 4 is 5.91 Å². The fourth-order valence-corrected chi connectivity index (χ4v) is 1.89. The highest BCUT2D eigenvalue weighted by molar-refractivity contribution is 5.79. The summed E-state index contributed by atoms with van der Waals surface area (Å²) in [4.78, 5) is 13.8. The molecule has 1 fully saturated rings. The zero-order valence-corrected chi connectivity index (χ0v) is 9.66. The fourth-order valence-electron chi connectivity index (χ4n) is 1.89. The summed E-state index contributed by atoms with van der Waals surface area (Å²) in [6.45, 7) is 5.68. The van der Waals surface area contributed by atoms with Crippen LogP contribution in [0.3, 0.4) is 0 Å². The molecule has 1 N–H and O–H groups in total. The highest BCUT2D eigenvalue weighted by Gasteiger charge is 2.32. The molecule has 1 amide bonds. The molecule has 0 spiro atoms. The predicted octanol–water partition coefficient (Wildman–Crippen LogP) is 0.602. The first-order valence-corrected chi connectivity index (χ1v) is 5.42. The summed E-state index contributed by atoms with van der Waals surface area (Å²) in [7, 11) is 1.79. The van der Waals surface area contributed by atoms with Crippen molar-refractivity contribution < 1.29 is 4.79 Å². The van der Waals surface area contributed by atoms with Gasteiger partial charge in [-0.25, -0.2) is 0 Å². The second kappa shape index (κ2) is 5.13. The molecule has 84 valence electrons. The van der Waals surface area contributed by atoms with E-state index in [2.05, 4.69) is 18.3 Å². The molecule has 1 heterocycles. The van der Waals surface area contributed by atoms with Crippen molar-refractivity contribution in [1.29, 1.82) is 5.26 Å². The maximum absolute atomic E-state index is 12.0. The molecule has 4 nitrogen and oxygen atoms in total. The summed E-state index contributed by atoms with van der Waals surface area (Å²) in [5, 5.41) is 11.8. The lowest BCUT2D eigenvalue weighted by molar-refractivity contribution is -0.136. The number of carbonyl (C=O) groups is 1. The molecule has 0 radical (unpaired) electrons. The molecule has 0 saturated carbocycles. The summed E-state index contributed by atoms with van der Waals surface area (Å²) < 4.78 is 0. The number of amides is 1. The van der Waals surface area contributed by atoms with Gasteiger partial charge in [-0.1, -0.05) is 6.92 Å². The third-order valence-corrected chi connectivity index (χ3v) is 3.23. The van der Waals surface area contributed by atoms with Gasteiger partial charge in [-0.3, -0.25) is 4.79 Å². The first-order valence-electron chi connectivity index (χ1n) is 5.42. The Bertz CT molecular complexity index is 271. The third-order valence-electron chi connectivity index (χ3n) is 3.23. The first-order chi connectivity index (χ1) is 7.07. The number of nitrogens with zero attached hydrogens (tertiary/aromatic N) is 2. The molecule has 1 aliphatic rings. The molecule has 0 aromatic carbocycles. The van der Waals surface area contributed by atoms with Crippen LogP contribution in [0.25, 0.3) is 0 Å². The summed E-state index contributed by atoms with van der Waals surface area (Å²) in [5.41, 5.74) is 0. The van der Waals surface area contributed by atoms with Gasteiger partial charge in [0.25, 0.3) is 0 Å². The molecule has 3 atom stereocenters. The Balaban J connectivity index is 2.56. The summed E-state index contributed by atoms with van der Waals surface area (Å²) in [6.07, 6.45) is 0.400. The topological polar surface area (TPSA) is 56.1 Å². The number of hydrogen-bond donors (Lipinski definition) is 1. The van der Waals surface area contributed by atoms with E-state index in [1.54, 1.807) is 11.9 Å². The van der Waals surface area contributed by atoms with Gasteiger partial charge in [0, 0.05) is 19.6 Å². The lowest BCUT2D eigenvalue weighted by Gasteiger charge is -2.27. The van der Waals surface area contributed by atoms with Gasteiger partial charge >= 0.3 is 0 Å². The molecule has 0 aromatic rings. The highest BCUT2D eigenvalue weighted by Crippen LogP contribution is 2.19.